The maximum Gasteiger partial charge on any atom is 0.249 e. The fourth-order valence-corrected chi connectivity index (χ4v) is 3.22. The maximum absolute atomic E-state index is 12.4. The third-order valence-corrected chi connectivity index (χ3v) is 5.00. The van der Waals surface area contributed by atoms with E-state index in [1.165, 1.54) is 12.8 Å². The van der Waals surface area contributed by atoms with Crippen molar-refractivity contribution in [3.05, 3.63) is 11.7 Å². The van der Waals surface area contributed by atoms with E-state index in [2.05, 4.69) is 10.1 Å². The van der Waals surface area contributed by atoms with Gasteiger partial charge in [-0.25, -0.2) is 0 Å². The van der Waals surface area contributed by atoms with Crippen LogP contribution in [-0.4, -0.2) is 40.7 Å². The standard InChI is InChI=1S/C17H25N3O3/c21-17(13-6-7-13)20-9-2-1-3-14(20)16-18-15(19-23-16)8-10-22-11-12-4-5-12/h12-14H,1-11H2. The molecule has 0 radical (unpaired) electrons. The molecule has 23 heavy (non-hydrogen) atoms. The van der Waals surface area contributed by atoms with Gasteiger partial charge in [-0.05, 0) is 50.9 Å². The Morgan fingerprint density at radius 3 is 2.87 bits per heavy atom. The van der Waals surface area contributed by atoms with E-state index in [4.69, 9.17) is 9.26 Å². The van der Waals surface area contributed by atoms with Gasteiger partial charge in [-0.1, -0.05) is 5.16 Å². The van der Waals surface area contributed by atoms with E-state index in [1.807, 2.05) is 4.90 Å². The number of carbonyl (C=O) groups is 1. The second kappa shape index (κ2) is 6.59. The highest BCUT2D eigenvalue weighted by Gasteiger charge is 2.39. The van der Waals surface area contributed by atoms with Crippen molar-refractivity contribution in [1.82, 2.24) is 15.0 Å². The minimum absolute atomic E-state index is 0.0227. The first-order valence-electron chi connectivity index (χ1n) is 9.02. The SMILES string of the molecule is O=C(C1CC1)N1CCCCC1c1nc(CCOCC2CC2)no1. The van der Waals surface area contributed by atoms with E-state index in [1.54, 1.807) is 0 Å². The zero-order valence-corrected chi connectivity index (χ0v) is 13.6. The lowest BCUT2D eigenvalue weighted by Crippen LogP contribution is -2.39. The molecule has 1 unspecified atom stereocenters. The molecule has 1 saturated heterocycles. The normalized spacial score (nSPS) is 24.9. The summed E-state index contributed by atoms with van der Waals surface area (Å²) in [6.45, 7) is 2.32. The molecule has 1 aromatic rings. The number of aromatic nitrogens is 2. The van der Waals surface area contributed by atoms with Crippen LogP contribution in [0.3, 0.4) is 0 Å². The van der Waals surface area contributed by atoms with Gasteiger partial charge in [0.25, 0.3) is 0 Å². The lowest BCUT2D eigenvalue weighted by Gasteiger charge is -2.33. The first-order valence-corrected chi connectivity index (χ1v) is 9.02. The Morgan fingerprint density at radius 1 is 1.22 bits per heavy atom. The lowest BCUT2D eigenvalue weighted by atomic mass is 10.0. The van der Waals surface area contributed by atoms with Gasteiger partial charge in [0.05, 0.1) is 6.61 Å². The number of carbonyl (C=O) groups excluding carboxylic acids is 1. The molecule has 0 N–H and O–H groups in total. The van der Waals surface area contributed by atoms with Crippen molar-refractivity contribution in [3.63, 3.8) is 0 Å². The predicted octanol–water partition coefficient (Wildman–Crippen LogP) is 2.50. The Labute approximate surface area is 136 Å². The number of piperidine rings is 1. The van der Waals surface area contributed by atoms with Crippen LogP contribution in [0.1, 0.15) is 62.7 Å². The average Bonchev–Trinajstić information content (AvgIpc) is 3.50. The lowest BCUT2D eigenvalue weighted by molar-refractivity contribution is -0.137. The van der Waals surface area contributed by atoms with Crippen LogP contribution in [0.15, 0.2) is 4.52 Å². The molecule has 3 aliphatic rings. The van der Waals surface area contributed by atoms with Crippen molar-refractivity contribution in [3.8, 4) is 0 Å². The molecular weight excluding hydrogens is 294 g/mol. The Morgan fingerprint density at radius 2 is 2.09 bits per heavy atom. The topological polar surface area (TPSA) is 68.5 Å². The zero-order chi connectivity index (χ0) is 15.6. The van der Waals surface area contributed by atoms with Crippen molar-refractivity contribution in [2.24, 2.45) is 11.8 Å². The van der Waals surface area contributed by atoms with Crippen molar-refractivity contribution in [1.29, 1.82) is 0 Å². The summed E-state index contributed by atoms with van der Waals surface area (Å²) in [7, 11) is 0. The van der Waals surface area contributed by atoms with Crippen LogP contribution in [0.2, 0.25) is 0 Å². The van der Waals surface area contributed by atoms with Crippen molar-refractivity contribution in [2.75, 3.05) is 19.8 Å². The van der Waals surface area contributed by atoms with E-state index in [-0.39, 0.29) is 17.9 Å². The van der Waals surface area contributed by atoms with Gasteiger partial charge in [0.1, 0.15) is 6.04 Å². The minimum Gasteiger partial charge on any atom is -0.381 e. The smallest absolute Gasteiger partial charge is 0.249 e. The molecule has 1 aromatic heterocycles. The number of hydrogen-bond donors (Lipinski definition) is 0. The first kappa shape index (κ1) is 15.1. The molecule has 6 nitrogen and oxygen atoms in total. The number of amides is 1. The van der Waals surface area contributed by atoms with Crippen LogP contribution >= 0.6 is 0 Å². The number of rotatable bonds is 7. The van der Waals surface area contributed by atoms with E-state index in [0.717, 1.165) is 51.2 Å². The van der Waals surface area contributed by atoms with Crippen molar-refractivity contribution < 1.29 is 14.1 Å². The van der Waals surface area contributed by atoms with Crippen LogP contribution in [0.25, 0.3) is 0 Å². The molecule has 2 saturated carbocycles. The molecule has 2 heterocycles. The van der Waals surface area contributed by atoms with Crippen molar-refractivity contribution >= 4 is 5.91 Å². The fraction of sp³-hybridized carbons (Fsp3) is 0.824. The average molecular weight is 319 g/mol. The molecule has 4 rings (SSSR count). The van der Waals surface area contributed by atoms with Gasteiger partial charge in [-0.2, -0.15) is 4.98 Å². The summed E-state index contributed by atoms with van der Waals surface area (Å²) in [5.41, 5.74) is 0. The van der Waals surface area contributed by atoms with Crippen molar-refractivity contribution in [2.45, 2.75) is 57.4 Å². The molecule has 0 bridgehead atoms. The molecule has 3 fully saturated rings. The number of nitrogens with zero attached hydrogens (tertiary/aromatic N) is 3. The highest BCUT2D eigenvalue weighted by atomic mass is 16.5. The molecule has 1 aliphatic heterocycles. The minimum atomic E-state index is -0.0227. The molecule has 126 valence electrons. The Balaban J connectivity index is 1.34. The van der Waals surface area contributed by atoms with Gasteiger partial charge in [0, 0.05) is 25.5 Å². The number of likely N-dealkylation sites (tertiary alicyclic amines) is 1. The molecule has 2 aliphatic carbocycles. The highest BCUT2D eigenvalue weighted by molar-refractivity contribution is 5.81. The van der Waals surface area contributed by atoms with Gasteiger partial charge >= 0.3 is 0 Å². The quantitative estimate of drug-likeness (QED) is 0.722. The molecule has 6 heteroatoms. The second-order valence-corrected chi connectivity index (χ2v) is 7.13. The molecule has 0 spiro atoms. The third kappa shape index (κ3) is 3.74. The van der Waals surface area contributed by atoms with Crippen LogP contribution < -0.4 is 0 Å². The molecule has 1 atom stereocenters. The summed E-state index contributed by atoms with van der Waals surface area (Å²) in [4.78, 5) is 18.9. The van der Waals surface area contributed by atoms with E-state index in [0.29, 0.717) is 24.7 Å². The zero-order valence-electron chi connectivity index (χ0n) is 13.6. The second-order valence-electron chi connectivity index (χ2n) is 7.13. The van der Waals surface area contributed by atoms with Gasteiger partial charge in [0.15, 0.2) is 5.82 Å². The van der Waals surface area contributed by atoms with Crippen LogP contribution in [0.5, 0.6) is 0 Å². The maximum atomic E-state index is 12.4. The van der Waals surface area contributed by atoms with Crippen LogP contribution in [0, 0.1) is 11.8 Å². The van der Waals surface area contributed by atoms with E-state index < -0.39 is 0 Å². The monoisotopic (exact) mass is 319 g/mol. The first-order chi connectivity index (χ1) is 11.3. The van der Waals surface area contributed by atoms with E-state index in [9.17, 15) is 4.79 Å². The number of hydrogen-bond acceptors (Lipinski definition) is 5. The van der Waals surface area contributed by atoms with Gasteiger partial charge in [-0.3, -0.25) is 4.79 Å². The van der Waals surface area contributed by atoms with Crippen LogP contribution in [-0.2, 0) is 16.0 Å². The van der Waals surface area contributed by atoms with Gasteiger partial charge in [0.2, 0.25) is 11.8 Å². The predicted molar refractivity (Wildman–Crippen MR) is 82.6 cm³/mol. The van der Waals surface area contributed by atoms with Gasteiger partial charge in [-0.15, -0.1) is 0 Å². The summed E-state index contributed by atoms with van der Waals surface area (Å²) >= 11 is 0. The fourth-order valence-electron chi connectivity index (χ4n) is 3.22. The van der Waals surface area contributed by atoms with E-state index >= 15 is 0 Å². The summed E-state index contributed by atoms with van der Waals surface area (Å²) in [5, 5.41) is 4.07. The molecule has 0 aromatic carbocycles. The van der Waals surface area contributed by atoms with Gasteiger partial charge < -0.3 is 14.2 Å². The molecule has 1 amide bonds. The summed E-state index contributed by atoms with van der Waals surface area (Å²) < 4.78 is 11.1. The largest absolute Gasteiger partial charge is 0.381 e. The third-order valence-electron chi connectivity index (χ3n) is 5.00. The Hall–Kier alpha value is -1.43. The van der Waals surface area contributed by atoms with Crippen LogP contribution in [0.4, 0.5) is 0 Å². The summed E-state index contributed by atoms with van der Waals surface area (Å²) in [6, 6.07) is -0.0227. The summed E-state index contributed by atoms with van der Waals surface area (Å²) in [5.74, 6) is 2.60. The molecular formula is C17H25N3O3. The Kier molecular flexibility index (Phi) is 4.33. The number of ether oxygens (including phenoxy) is 1. The highest BCUT2D eigenvalue weighted by Crippen LogP contribution is 2.37. The summed E-state index contributed by atoms with van der Waals surface area (Å²) in [6.07, 6.45) is 8.48. The Bertz CT molecular complexity index is 551.